The number of benzene rings is 2. The lowest BCUT2D eigenvalue weighted by Gasteiger charge is -2.06. The first kappa shape index (κ1) is 14.6. The second-order valence-electron chi connectivity index (χ2n) is 5.00. The van der Waals surface area contributed by atoms with Crippen LogP contribution < -0.4 is 4.74 Å². The SMILES string of the molecule is Fc1ccc(Oc2ncnc3c2cnn3-c2ccc(Cl)cc2)cc1. The molecule has 0 atom stereocenters. The van der Waals surface area contributed by atoms with Gasteiger partial charge in [0.15, 0.2) is 5.65 Å². The number of ether oxygens (including phenoxy) is 1. The Labute approximate surface area is 141 Å². The summed E-state index contributed by atoms with van der Waals surface area (Å²) in [5.41, 5.74) is 1.42. The Morgan fingerprint density at radius 1 is 0.958 bits per heavy atom. The standard InChI is InChI=1S/C17H10ClFN4O/c18-11-1-5-13(6-2-11)23-16-15(9-22-23)17(21-10-20-16)24-14-7-3-12(19)4-8-14/h1-10H. The topological polar surface area (TPSA) is 52.8 Å². The molecule has 0 spiro atoms. The molecule has 0 bridgehead atoms. The maximum absolute atomic E-state index is 13.0. The zero-order chi connectivity index (χ0) is 16.5. The van der Waals surface area contributed by atoms with E-state index in [4.69, 9.17) is 16.3 Å². The first-order chi connectivity index (χ1) is 11.7. The highest BCUT2D eigenvalue weighted by Crippen LogP contribution is 2.27. The molecule has 7 heteroatoms. The first-order valence-corrected chi connectivity index (χ1v) is 7.46. The van der Waals surface area contributed by atoms with Crippen molar-refractivity contribution in [3.8, 4) is 17.3 Å². The molecule has 0 aliphatic rings. The van der Waals surface area contributed by atoms with Crippen LogP contribution in [-0.4, -0.2) is 19.7 Å². The van der Waals surface area contributed by atoms with Crippen LogP contribution in [0.25, 0.3) is 16.7 Å². The number of hydrogen-bond acceptors (Lipinski definition) is 4. The molecule has 5 nitrogen and oxygen atoms in total. The quantitative estimate of drug-likeness (QED) is 0.554. The summed E-state index contributed by atoms with van der Waals surface area (Å²) in [4.78, 5) is 8.42. The van der Waals surface area contributed by atoms with Gasteiger partial charge in [-0.25, -0.2) is 19.0 Å². The monoisotopic (exact) mass is 340 g/mol. The molecule has 4 aromatic rings. The zero-order valence-corrected chi connectivity index (χ0v) is 13.0. The number of aromatic nitrogens is 4. The van der Waals surface area contributed by atoms with Crippen LogP contribution in [0.2, 0.25) is 5.02 Å². The first-order valence-electron chi connectivity index (χ1n) is 7.09. The summed E-state index contributed by atoms with van der Waals surface area (Å²) in [5.74, 6) is 0.508. The third-order valence-electron chi connectivity index (χ3n) is 3.43. The molecular weight excluding hydrogens is 331 g/mol. The highest BCUT2D eigenvalue weighted by Gasteiger charge is 2.12. The fourth-order valence-corrected chi connectivity index (χ4v) is 2.42. The van der Waals surface area contributed by atoms with E-state index >= 15 is 0 Å². The largest absolute Gasteiger partial charge is 0.438 e. The van der Waals surface area contributed by atoms with Crippen molar-refractivity contribution in [3.63, 3.8) is 0 Å². The van der Waals surface area contributed by atoms with Gasteiger partial charge in [-0.05, 0) is 48.5 Å². The molecule has 0 fully saturated rings. The van der Waals surface area contributed by atoms with Gasteiger partial charge >= 0.3 is 0 Å². The van der Waals surface area contributed by atoms with E-state index in [0.29, 0.717) is 27.7 Å². The highest BCUT2D eigenvalue weighted by molar-refractivity contribution is 6.30. The van der Waals surface area contributed by atoms with Crippen LogP contribution in [-0.2, 0) is 0 Å². The lowest BCUT2D eigenvalue weighted by Crippen LogP contribution is -1.98. The summed E-state index contributed by atoms with van der Waals surface area (Å²) >= 11 is 5.92. The average Bonchev–Trinajstić information content (AvgIpc) is 3.03. The van der Waals surface area contributed by atoms with Gasteiger partial charge in [0, 0.05) is 5.02 Å². The highest BCUT2D eigenvalue weighted by atomic mass is 35.5. The predicted molar refractivity (Wildman–Crippen MR) is 88.1 cm³/mol. The van der Waals surface area contributed by atoms with Crippen LogP contribution in [0.1, 0.15) is 0 Å². The van der Waals surface area contributed by atoms with Crippen LogP contribution in [0, 0.1) is 5.82 Å². The normalized spacial score (nSPS) is 10.9. The Balaban J connectivity index is 1.76. The van der Waals surface area contributed by atoms with Crippen LogP contribution in [0.15, 0.2) is 61.1 Å². The Bertz CT molecular complexity index is 999. The van der Waals surface area contributed by atoms with Crippen molar-refractivity contribution >= 4 is 22.6 Å². The Kier molecular flexibility index (Phi) is 3.59. The summed E-state index contributed by atoms with van der Waals surface area (Å²) in [6, 6.07) is 13.0. The third-order valence-corrected chi connectivity index (χ3v) is 3.68. The molecule has 0 N–H and O–H groups in total. The molecule has 0 saturated heterocycles. The zero-order valence-electron chi connectivity index (χ0n) is 12.2. The van der Waals surface area contributed by atoms with Gasteiger partial charge in [0.2, 0.25) is 5.88 Å². The van der Waals surface area contributed by atoms with Gasteiger partial charge in [-0.1, -0.05) is 11.6 Å². The van der Waals surface area contributed by atoms with Crippen LogP contribution in [0.3, 0.4) is 0 Å². The maximum Gasteiger partial charge on any atom is 0.233 e. The molecule has 118 valence electrons. The molecule has 0 saturated carbocycles. The lowest BCUT2D eigenvalue weighted by molar-refractivity contribution is 0.466. The number of rotatable bonds is 3. The lowest BCUT2D eigenvalue weighted by atomic mass is 10.3. The molecule has 0 aliphatic heterocycles. The number of fused-ring (bicyclic) bond motifs is 1. The van der Waals surface area contributed by atoms with Gasteiger partial charge in [-0.2, -0.15) is 5.10 Å². The minimum Gasteiger partial charge on any atom is -0.438 e. The van der Waals surface area contributed by atoms with Gasteiger partial charge in [-0.3, -0.25) is 0 Å². The van der Waals surface area contributed by atoms with Crippen molar-refractivity contribution in [3.05, 3.63) is 71.9 Å². The molecule has 4 rings (SSSR count). The van der Waals surface area contributed by atoms with Crippen molar-refractivity contribution in [2.24, 2.45) is 0 Å². The van der Waals surface area contributed by atoms with Gasteiger partial charge in [0.05, 0.1) is 11.9 Å². The smallest absolute Gasteiger partial charge is 0.233 e. The molecule has 0 unspecified atom stereocenters. The van der Waals surface area contributed by atoms with Gasteiger partial charge in [0.25, 0.3) is 0 Å². The van der Waals surface area contributed by atoms with E-state index in [1.807, 2.05) is 12.1 Å². The fourth-order valence-electron chi connectivity index (χ4n) is 2.29. The number of hydrogen-bond donors (Lipinski definition) is 0. The van der Waals surface area contributed by atoms with E-state index in [-0.39, 0.29) is 5.82 Å². The van der Waals surface area contributed by atoms with Crippen LogP contribution in [0.4, 0.5) is 4.39 Å². The van der Waals surface area contributed by atoms with Crippen molar-refractivity contribution < 1.29 is 9.13 Å². The minimum absolute atomic E-state index is 0.328. The van der Waals surface area contributed by atoms with Gasteiger partial charge < -0.3 is 4.74 Å². The fraction of sp³-hybridized carbons (Fsp3) is 0. The molecule has 2 heterocycles. The van der Waals surface area contributed by atoms with E-state index in [9.17, 15) is 4.39 Å². The molecule has 2 aromatic heterocycles. The summed E-state index contributed by atoms with van der Waals surface area (Å²) in [6.45, 7) is 0. The van der Waals surface area contributed by atoms with Crippen molar-refractivity contribution in [2.75, 3.05) is 0 Å². The van der Waals surface area contributed by atoms with Crippen LogP contribution >= 0.6 is 11.6 Å². The molecule has 2 aromatic carbocycles. The molecule has 0 radical (unpaired) electrons. The molecule has 24 heavy (non-hydrogen) atoms. The predicted octanol–water partition coefficient (Wildman–Crippen LogP) is 4.40. The Morgan fingerprint density at radius 3 is 2.46 bits per heavy atom. The molecule has 0 aliphatic carbocycles. The second-order valence-corrected chi connectivity index (χ2v) is 5.44. The average molecular weight is 341 g/mol. The Hall–Kier alpha value is -2.99. The number of nitrogens with zero attached hydrogens (tertiary/aromatic N) is 4. The van der Waals surface area contributed by atoms with Crippen molar-refractivity contribution in [2.45, 2.75) is 0 Å². The molecular formula is C17H10ClFN4O. The second kappa shape index (κ2) is 5.90. The van der Waals surface area contributed by atoms with E-state index in [1.165, 1.54) is 30.6 Å². The minimum atomic E-state index is -0.328. The van der Waals surface area contributed by atoms with Gasteiger partial charge in [0.1, 0.15) is 23.3 Å². The van der Waals surface area contributed by atoms with E-state index < -0.39 is 0 Å². The Morgan fingerprint density at radius 2 is 1.71 bits per heavy atom. The van der Waals surface area contributed by atoms with E-state index in [1.54, 1.807) is 23.0 Å². The van der Waals surface area contributed by atoms with Crippen molar-refractivity contribution in [1.82, 2.24) is 19.7 Å². The summed E-state index contributed by atoms with van der Waals surface area (Å²) < 4.78 is 20.4. The maximum atomic E-state index is 13.0. The van der Waals surface area contributed by atoms with E-state index in [2.05, 4.69) is 15.1 Å². The summed E-state index contributed by atoms with van der Waals surface area (Å²) in [7, 11) is 0. The van der Waals surface area contributed by atoms with Gasteiger partial charge in [-0.15, -0.1) is 0 Å². The van der Waals surface area contributed by atoms with E-state index in [0.717, 1.165) is 5.69 Å². The van der Waals surface area contributed by atoms with Crippen LogP contribution in [0.5, 0.6) is 11.6 Å². The summed E-state index contributed by atoms with van der Waals surface area (Å²) in [5, 5.41) is 5.64. The third kappa shape index (κ3) is 2.68. The van der Waals surface area contributed by atoms with Crippen molar-refractivity contribution in [1.29, 1.82) is 0 Å². The number of halogens is 2. The molecule has 0 amide bonds. The summed E-state index contributed by atoms with van der Waals surface area (Å²) in [6.07, 6.45) is 3.03.